The molecule has 0 radical (unpaired) electrons. The maximum atomic E-state index is 12.1. The first-order valence-electron chi connectivity index (χ1n) is 12.7. The number of azo groups is 1. The Kier molecular flexibility index (Phi) is 8.40. The quantitative estimate of drug-likeness (QED) is 0.0844. The minimum Gasteiger partial charge on any atom is -0.506 e. The molecule has 1 aromatic heterocycles. The molecule has 5 N–H and O–H groups in total. The number of aryl methyl sites for hydroxylation is 1. The third-order valence-corrected chi connectivity index (χ3v) is 8.62. The fourth-order valence-corrected chi connectivity index (χ4v) is 5.51. The second-order valence-corrected chi connectivity index (χ2v) is 13.1. The highest BCUT2D eigenvalue weighted by Crippen LogP contribution is 2.42. The van der Waals surface area contributed by atoms with Gasteiger partial charge in [-0.05, 0) is 84.1 Å². The van der Waals surface area contributed by atoms with E-state index in [0.29, 0.717) is 5.69 Å². The average molecular weight is 668 g/mol. The van der Waals surface area contributed by atoms with Crippen LogP contribution in [-0.2, 0) is 20.0 Å². The zero-order valence-corrected chi connectivity index (χ0v) is 25.4. The van der Waals surface area contributed by atoms with Crippen LogP contribution in [0.3, 0.4) is 0 Å². The molecule has 0 aliphatic heterocycles. The zero-order chi connectivity index (χ0) is 32.5. The van der Waals surface area contributed by atoms with Gasteiger partial charge in [-0.3, -0.25) is 4.55 Å². The summed E-state index contributed by atoms with van der Waals surface area (Å²) >= 11 is 6.12. The first-order valence-corrected chi connectivity index (χ1v) is 16.0. The van der Waals surface area contributed by atoms with E-state index in [2.05, 4.69) is 42.4 Å². The number of aromatic nitrogens is 3. The molecule has 1 heterocycles. The number of nitrogens with one attached hydrogen (secondary N) is 2. The number of halogens is 1. The van der Waals surface area contributed by atoms with Crippen molar-refractivity contribution in [2.45, 2.75) is 16.7 Å². The number of anilines is 4. The number of aromatic hydroxyl groups is 2. The van der Waals surface area contributed by atoms with Crippen molar-refractivity contribution in [3.63, 3.8) is 0 Å². The Morgan fingerprint density at radius 3 is 2.11 bits per heavy atom. The summed E-state index contributed by atoms with van der Waals surface area (Å²) in [6, 6.07) is 15.4. The summed E-state index contributed by atoms with van der Waals surface area (Å²) in [5.41, 5.74) is 1.27. The van der Waals surface area contributed by atoms with Crippen molar-refractivity contribution in [3.05, 3.63) is 89.6 Å². The van der Waals surface area contributed by atoms with Crippen LogP contribution in [-0.4, -0.2) is 46.6 Å². The molecule has 14 nitrogen and oxygen atoms in total. The molecule has 0 spiro atoms. The molecular formula is C28H22ClN7O7S2. The smallest absolute Gasteiger partial charge is 0.294 e. The van der Waals surface area contributed by atoms with E-state index in [1.165, 1.54) is 42.5 Å². The van der Waals surface area contributed by atoms with E-state index in [-0.39, 0.29) is 55.7 Å². The highest BCUT2D eigenvalue weighted by Gasteiger charge is 2.19. The van der Waals surface area contributed by atoms with Gasteiger partial charge in [0.05, 0.1) is 15.5 Å². The van der Waals surface area contributed by atoms with Gasteiger partial charge in [-0.1, -0.05) is 18.7 Å². The number of hydrogen-bond donors (Lipinski definition) is 5. The Morgan fingerprint density at radius 2 is 1.47 bits per heavy atom. The van der Waals surface area contributed by atoms with E-state index in [1.54, 1.807) is 19.1 Å². The van der Waals surface area contributed by atoms with E-state index in [0.717, 1.165) is 23.1 Å². The van der Waals surface area contributed by atoms with Crippen molar-refractivity contribution >= 4 is 77.0 Å². The van der Waals surface area contributed by atoms with Crippen LogP contribution in [0.1, 0.15) is 5.56 Å². The summed E-state index contributed by atoms with van der Waals surface area (Å²) in [4.78, 5) is 11.8. The van der Waals surface area contributed by atoms with Crippen molar-refractivity contribution < 1.29 is 31.6 Å². The maximum absolute atomic E-state index is 12.1. The molecular weight excluding hydrogens is 646 g/mol. The second-order valence-electron chi connectivity index (χ2n) is 9.41. The SMILES string of the molecule is C=CS(=O)(=O)c1ccc(Nc2nc(Cl)nc(Nc3cc(S(=O)(=O)O)cc4ccc(N=Nc5ccc(C)cc5O)c(O)c34)n2)cc1. The second kappa shape index (κ2) is 12.1. The number of sulfone groups is 1. The van der Waals surface area contributed by atoms with Crippen molar-refractivity contribution in [3.8, 4) is 11.5 Å². The summed E-state index contributed by atoms with van der Waals surface area (Å²) < 4.78 is 57.9. The van der Waals surface area contributed by atoms with Gasteiger partial charge < -0.3 is 20.8 Å². The van der Waals surface area contributed by atoms with E-state index in [9.17, 15) is 31.6 Å². The molecule has 45 heavy (non-hydrogen) atoms. The molecule has 0 amide bonds. The van der Waals surface area contributed by atoms with Gasteiger partial charge in [0.25, 0.3) is 10.1 Å². The molecule has 0 unspecified atom stereocenters. The number of phenolic OH excluding ortho intramolecular Hbond substituents is 2. The lowest BCUT2D eigenvalue weighted by Gasteiger charge is -2.14. The van der Waals surface area contributed by atoms with Gasteiger partial charge in [0, 0.05) is 16.5 Å². The van der Waals surface area contributed by atoms with Gasteiger partial charge in [0.2, 0.25) is 17.2 Å². The Morgan fingerprint density at radius 1 is 0.822 bits per heavy atom. The fourth-order valence-electron chi connectivity index (χ4n) is 4.10. The van der Waals surface area contributed by atoms with Crippen molar-refractivity contribution in [1.29, 1.82) is 0 Å². The predicted molar refractivity (Wildman–Crippen MR) is 168 cm³/mol. The largest absolute Gasteiger partial charge is 0.506 e. The van der Waals surface area contributed by atoms with Crippen LogP contribution < -0.4 is 10.6 Å². The molecule has 0 atom stereocenters. The monoisotopic (exact) mass is 667 g/mol. The Hall–Kier alpha value is -5.16. The van der Waals surface area contributed by atoms with Gasteiger partial charge in [-0.15, -0.1) is 10.2 Å². The highest BCUT2D eigenvalue weighted by molar-refractivity contribution is 7.94. The van der Waals surface area contributed by atoms with Gasteiger partial charge >= 0.3 is 0 Å². The first kappa shape index (κ1) is 31.3. The fraction of sp³-hybridized carbons (Fsp3) is 0.0357. The van der Waals surface area contributed by atoms with Crippen LogP contribution in [0.15, 0.2) is 98.7 Å². The van der Waals surface area contributed by atoms with Gasteiger partial charge in [0.1, 0.15) is 17.1 Å². The average Bonchev–Trinajstić information content (AvgIpc) is 2.97. The third kappa shape index (κ3) is 6.99. The Labute approximate surface area is 261 Å². The lowest BCUT2D eigenvalue weighted by molar-refractivity contribution is 0.475. The van der Waals surface area contributed by atoms with Crippen LogP contribution in [0.25, 0.3) is 10.8 Å². The highest BCUT2D eigenvalue weighted by atomic mass is 35.5. The molecule has 0 fully saturated rings. The summed E-state index contributed by atoms with van der Waals surface area (Å²) in [7, 11) is -8.33. The molecule has 0 saturated carbocycles. The first-order chi connectivity index (χ1) is 21.2. The van der Waals surface area contributed by atoms with Crippen molar-refractivity contribution in [2.24, 2.45) is 10.2 Å². The van der Waals surface area contributed by atoms with E-state index in [1.807, 2.05) is 0 Å². The summed E-state index contributed by atoms with van der Waals surface area (Å²) in [6.45, 7) is 5.09. The van der Waals surface area contributed by atoms with E-state index >= 15 is 0 Å². The maximum Gasteiger partial charge on any atom is 0.294 e. The molecule has 17 heteroatoms. The normalized spacial score (nSPS) is 12.0. The van der Waals surface area contributed by atoms with Crippen LogP contribution in [0.4, 0.5) is 34.6 Å². The van der Waals surface area contributed by atoms with Crippen LogP contribution in [0.5, 0.6) is 11.5 Å². The molecule has 0 aliphatic carbocycles. The Bertz CT molecular complexity index is 2230. The van der Waals surface area contributed by atoms with E-state index < -0.39 is 30.6 Å². The lowest BCUT2D eigenvalue weighted by atomic mass is 10.1. The molecule has 5 aromatic rings. The standard InChI is InChI=1S/C28H22ClN7O7S2/c1-3-44(39,40)18-8-6-17(7-9-18)30-27-32-26(29)33-28(34-27)31-22-14-19(45(41,42)43)13-16-5-11-21(25(38)24(16)22)36-35-20-10-4-15(2)12-23(20)37/h3-14,37-38H,1H2,2H3,(H,41,42,43)(H2,30,31,32,33,34). The van der Waals surface area contributed by atoms with Crippen LogP contribution in [0, 0.1) is 6.92 Å². The molecule has 0 aliphatic rings. The van der Waals surface area contributed by atoms with E-state index in [4.69, 9.17) is 11.6 Å². The van der Waals surface area contributed by atoms with Gasteiger partial charge in [-0.2, -0.15) is 23.4 Å². The number of fused-ring (bicyclic) bond motifs is 1. The molecule has 5 rings (SSSR count). The van der Waals surface area contributed by atoms with Gasteiger partial charge in [0.15, 0.2) is 15.6 Å². The summed E-state index contributed by atoms with van der Waals surface area (Å²) in [6.07, 6.45) is 0. The van der Waals surface area contributed by atoms with Crippen molar-refractivity contribution in [2.75, 3.05) is 10.6 Å². The molecule has 230 valence electrons. The third-order valence-electron chi connectivity index (χ3n) is 6.25. The number of rotatable bonds is 9. The number of nitrogens with zero attached hydrogens (tertiary/aromatic N) is 5. The molecule has 4 aromatic carbocycles. The number of hydrogen-bond acceptors (Lipinski definition) is 13. The van der Waals surface area contributed by atoms with Crippen molar-refractivity contribution in [1.82, 2.24) is 15.0 Å². The summed E-state index contributed by atoms with van der Waals surface area (Å²) in [5, 5.41) is 35.9. The summed E-state index contributed by atoms with van der Waals surface area (Å²) in [5.74, 6) is -0.787. The Balaban J connectivity index is 1.54. The topological polar surface area (TPSA) is 216 Å². The van der Waals surface area contributed by atoms with Crippen LogP contribution in [0.2, 0.25) is 5.28 Å². The van der Waals surface area contributed by atoms with Gasteiger partial charge in [-0.25, -0.2) is 8.42 Å². The number of phenols is 2. The lowest BCUT2D eigenvalue weighted by Crippen LogP contribution is -2.06. The minimum atomic E-state index is -4.69. The minimum absolute atomic E-state index is 0.0249. The number of benzene rings is 4. The van der Waals surface area contributed by atoms with Crippen LogP contribution >= 0.6 is 11.6 Å². The molecule has 0 saturated heterocycles. The zero-order valence-electron chi connectivity index (χ0n) is 23.0. The predicted octanol–water partition coefficient (Wildman–Crippen LogP) is 6.46. The molecule has 0 bridgehead atoms.